The summed E-state index contributed by atoms with van der Waals surface area (Å²) in [5.74, 6) is -4.44. The molecule has 0 bridgehead atoms. The molecule has 1 aliphatic rings. The fourth-order valence-electron chi connectivity index (χ4n) is 2.51. The molecule has 10 heteroatoms. The number of carbonyl (C=O) groups excluding carboxylic acids is 2. The van der Waals surface area contributed by atoms with E-state index in [2.05, 4.69) is 10.1 Å². The zero-order chi connectivity index (χ0) is 18.1. The Bertz CT molecular complexity index is 652. The van der Waals surface area contributed by atoms with Crippen molar-refractivity contribution < 1.29 is 37.0 Å². The molecule has 2 amide bonds. The Balaban J connectivity index is 2.57. The Morgan fingerprint density at radius 2 is 2.08 bits per heavy atom. The number of benzene rings is 1. The SMILES string of the molecule is CCOC(=O)[C@H]1[C@H](c2cccc(F)c2)NC(=O)N[C@]1(O)C(F)(F)F. The summed E-state index contributed by atoms with van der Waals surface area (Å²) in [5.41, 5.74) is -3.98. The molecule has 3 N–H and O–H groups in total. The highest BCUT2D eigenvalue weighted by Gasteiger charge is 2.67. The fourth-order valence-corrected chi connectivity index (χ4v) is 2.51. The maximum atomic E-state index is 13.4. The quantitative estimate of drug-likeness (QED) is 0.571. The molecule has 2 rings (SSSR count). The fraction of sp³-hybridized carbons (Fsp3) is 0.429. The molecule has 1 aromatic carbocycles. The minimum absolute atomic E-state index is 0.120. The number of halogens is 4. The second-order valence-electron chi connectivity index (χ2n) is 5.12. The van der Waals surface area contributed by atoms with Gasteiger partial charge in [-0.15, -0.1) is 0 Å². The number of amides is 2. The van der Waals surface area contributed by atoms with Crippen molar-refractivity contribution in [3.8, 4) is 0 Å². The maximum Gasteiger partial charge on any atom is 0.437 e. The number of alkyl halides is 3. The minimum atomic E-state index is -5.37. The molecule has 1 heterocycles. The highest BCUT2D eigenvalue weighted by molar-refractivity contribution is 5.83. The molecule has 132 valence electrons. The molecule has 0 aromatic heterocycles. The minimum Gasteiger partial charge on any atom is -0.466 e. The molecule has 3 atom stereocenters. The van der Waals surface area contributed by atoms with E-state index in [0.717, 1.165) is 12.1 Å². The van der Waals surface area contributed by atoms with Crippen LogP contribution < -0.4 is 10.6 Å². The van der Waals surface area contributed by atoms with Gasteiger partial charge < -0.3 is 20.5 Å². The summed E-state index contributed by atoms with van der Waals surface area (Å²) >= 11 is 0. The molecular formula is C14H14F4N2O4. The largest absolute Gasteiger partial charge is 0.466 e. The second kappa shape index (κ2) is 6.27. The van der Waals surface area contributed by atoms with Crippen LogP contribution in [0.4, 0.5) is 22.4 Å². The number of aliphatic hydroxyl groups is 1. The van der Waals surface area contributed by atoms with Gasteiger partial charge in [0.2, 0.25) is 0 Å². The van der Waals surface area contributed by atoms with Crippen molar-refractivity contribution in [2.24, 2.45) is 5.92 Å². The lowest BCUT2D eigenvalue weighted by atomic mass is 9.82. The molecule has 0 unspecified atom stereocenters. The van der Waals surface area contributed by atoms with Crippen molar-refractivity contribution in [1.82, 2.24) is 10.6 Å². The van der Waals surface area contributed by atoms with Crippen molar-refractivity contribution in [3.63, 3.8) is 0 Å². The summed E-state index contributed by atoms with van der Waals surface area (Å²) in [4.78, 5) is 23.7. The van der Waals surface area contributed by atoms with Crippen LogP contribution in [0.15, 0.2) is 24.3 Å². The number of hydrogen-bond donors (Lipinski definition) is 3. The molecule has 1 aromatic rings. The summed E-state index contributed by atoms with van der Waals surface area (Å²) in [6.07, 6.45) is -5.37. The van der Waals surface area contributed by atoms with Crippen molar-refractivity contribution in [2.75, 3.05) is 6.61 Å². The van der Waals surface area contributed by atoms with E-state index < -0.39 is 41.7 Å². The van der Waals surface area contributed by atoms with E-state index in [1.54, 1.807) is 0 Å². The van der Waals surface area contributed by atoms with Crippen molar-refractivity contribution in [2.45, 2.75) is 24.9 Å². The summed E-state index contributed by atoms with van der Waals surface area (Å²) in [6, 6.07) is 1.33. The number of nitrogens with one attached hydrogen (secondary N) is 2. The Morgan fingerprint density at radius 1 is 1.42 bits per heavy atom. The zero-order valence-corrected chi connectivity index (χ0v) is 12.4. The van der Waals surface area contributed by atoms with Gasteiger partial charge in [-0.05, 0) is 24.6 Å². The third kappa shape index (κ3) is 3.14. The normalized spacial score (nSPS) is 27.2. The van der Waals surface area contributed by atoms with E-state index in [1.807, 2.05) is 0 Å². The number of urea groups is 1. The van der Waals surface area contributed by atoms with E-state index in [4.69, 9.17) is 0 Å². The van der Waals surface area contributed by atoms with Gasteiger partial charge in [0.15, 0.2) is 0 Å². The van der Waals surface area contributed by atoms with Crippen LogP contribution in [0.1, 0.15) is 18.5 Å². The molecule has 0 spiro atoms. The first-order chi connectivity index (χ1) is 11.1. The molecule has 1 aliphatic heterocycles. The smallest absolute Gasteiger partial charge is 0.437 e. The van der Waals surface area contributed by atoms with Gasteiger partial charge in [-0.1, -0.05) is 12.1 Å². The first-order valence-electron chi connectivity index (χ1n) is 6.90. The molecule has 24 heavy (non-hydrogen) atoms. The van der Waals surface area contributed by atoms with Crippen molar-refractivity contribution >= 4 is 12.0 Å². The van der Waals surface area contributed by atoms with Crippen LogP contribution in [0.5, 0.6) is 0 Å². The Kier molecular flexibility index (Phi) is 4.70. The number of carbonyl (C=O) groups is 2. The van der Waals surface area contributed by atoms with Crippen LogP contribution in [0.3, 0.4) is 0 Å². The first kappa shape index (κ1) is 18.0. The average molecular weight is 350 g/mol. The summed E-state index contributed by atoms with van der Waals surface area (Å²) in [7, 11) is 0. The molecular weight excluding hydrogens is 336 g/mol. The third-order valence-corrected chi connectivity index (χ3v) is 3.55. The Morgan fingerprint density at radius 3 is 2.62 bits per heavy atom. The molecule has 0 radical (unpaired) electrons. The Labute approximate surface area is 133 Å². The highest BCUT2D eigenvalue weighted by Crippen LogP contribution is 2.43. The van der Waals surface area contributed by atoms with Crippen molar-refractivity contribution in [3.05, 3.63) is 35.6 Å². The predicted molar refractivity (Wildman–Crippen MR) is 71.9 cm³/mol. The van der Waals surface area contributed by atoms with Crippen molar-refractivity contribution in [1.29, 1.82) is 0 Å². The van der Waals surface area contributed by atoms with Gasteiger partial charge >= 0.3 is 18.2 Å². The molecule has 1 saturated heterocycles. The average Bonchev–Trinajstić information content (AvgIpc) is 2.45. The maximum absolute atomic E-state index is 13.4. The van der Waals surface area contributed by atoms with Crippen LogP contribution in [0, 0.1) is 11.7 Å². The van der Waals surface area contributed by atoms with E-state index in [9.17, 15) is 32.3 Å². The van der Waals surface area contributed by atoms with Gasteiger partial charge in [-0.2, -0.15) is 13.2 Å². The van der Waals surface area contributed by atoms with Gasteiger partial charge in [-0.25, -0.2) is 9.18 Å². The first-order valence-corrected chi connectivity index (χ1v) is 6.90. The lowest BCUT2D eigenvalue weighted by Crippen LogP contribution is -2.73. The summed E-state index contributed by atoms with van der Waals surface area (Å²) < 4.78 is 58.0. The van der Waals surface area contributed by atoms with E-state index >= 15 is 0 Å². The van der Waals surface area contributed by atoms with Gasteiger partial charge in [0.1, 0.15) is 11.7 Å². The van der Waals surface area contributed by atoms with Gasteiger partial charge in [0, 0.05) is 0 Å². The number of esters is 1. The molecule has 0 saturated carbocycles. The Hall–Kier alpha value is -2.36. The van der Waals surface area contributed by atoms with Crippen LogP contribution in [0.25, 0.3) is 0 Å². The number of rotatable bonds is 3. The van der Waals surface area contributed by atoms with Crippen LogP contribution in [-0.2, 0) is 9.53 Å². The second-order valence-corrected chi connectivity index (χ2v) is 5.12. The number of ether oxygens (including phenoxy) is 1. The number of hydrogen-bond acceptors (Lipinski definition) is 4. The predicted octanol–water partition coefficient (Wildman–Crippen LogP) is 1.61. The monoisotopic (exact) mass is 350 g/mol. The lowest BCUT2D eigenvalue weighted by Gasteiger charge is -2.44. The highest BCUT2D eigenvalue weighted by atomic mass is 19.4. The zero-order valence-electron chi connectivity index (χ0n) is 12.4. The molecule has 0 aliphatic carbocycles. The standard InChI is InChI=1S/C14H14F4N2O4/c1-2-24-11(21)9-10(7-4-3-5-8(15)6-7)19-12(22)20-13(9,23)14(16,17)18/h3-6,9-10,23H,2H2,1H3,(H2,19,20,22)/t9-,10+,13-/m1/s1. The third-order valence-electron chi connectivity index (χ3n) is 3.55. The summed E-state index contributed by atoms with van der Waals surface area (Å²) in [5, 5.41) is 13.5. The molecule has 6 nitrogen and oxygen atoms in total. The van der Waals surface area contributed by atoms with E-state index in [-0.39, 0.29) is 12.2 Å². The summed E-state index contributed by atoms with van der Waals surface area (Å²) in [6.45, 7) is 1.13. The van der Waals surface area contributed by atoms with Gasteiger partial charge in [0.05, 0.1) is 12.6 Å². The van der Waals surface area contributed by atoms with Crippen LogP contribution >= 0.6 is 0 Å². The van der Waals surface area contributed by atoms with Crippen LogP contribution in [-0.4, -0.2) is 35.6 Å². The topological polar surface area (TPSA) is 87.7 Å². The van der Waals surface area contributed by atoms with Crippen LogP contribution in [0.2, 0.25) is 0 Å². The van der Waals surface area contributed by atoms with Gasteiger partial charge in [-0.3, -0.25) is 4.79 Å². The lowest BCUT2D eigenvalue weighted by molar-refractivity contribution is -0.294. The molecule has 1 fully saturated rings. The van der Waals surface area contributed by atoms with E-state index in [0.29, 0.717) is 0 Å². The van der Waals surface area contributed by atoms with E-state index in [1.165, 1.54) is 24.4 Å². The van der Waals surface area contributed by atoms with Gasteiger partial charge in [0.25, 0.3) is 5.72 Å².